The lowest BCUT2D eigenvalue weighted by molar-refractivity contribution is -0.120. The van der Waals surface area contributed by atoms with Gasteiger partial charge in [-0.15, -0.1) is 11.6 Å². The fourth-order valence-electron chi connectivity index (χ4n) is 1.04. The number of alkyl halides is 1. The lowest BCUT2D eigenvalue weighted by Crippen LogP contribution is -2.26. The van der Waals surface area contributed by atoms with Crippen molar-refractivity contribution < 1.29 is 4.79 Å². The number of hydrogen-bond donors (Lipinski definition) is 0. The van der Waals surface area contributed by atoms with Crippen molar-refractivity contribution in [2.75, 3.05) is 0 Å². The molecule has 0 aromatic heterocycles. The predicted molar refractivity (Wildman–Crippen MR) is 37.7 cm³/mol. The van der Waals surface area contributed by atoms with E-state index in [0.29, 0.717) is 25.7 Å². The number of rotatable bonds is 0. The maximum absolute atomic E-state index is 10.7. The van der Waals surface area contributed by atoms with Crippen LogP contribution in [0, 0.1) is 11.3 Å². The van der Waals surface area contributed by atoms with Crippen LogP contribution in [0.2, 0.25) is 0 Å². The van der Waals surface area contributed by atoms with E-state index in [9.17, 15) is 4.79 Å². The van der Waals surface area contributed by atoms with E-state index in [4.69, 9.17) is 16.9 Å². The highest BCUT2D eigenvalue weighted by Crippen LogP contribution is 2.31. The molecule has 0 aliphatic heterocycles. The Balaban J connectivity index is 2.56. The Bertz CT molecular complexity index is 184. The first-order valence-electron chi connectivity index (χ1n) is 3.28. The fourth-order valence-corrected chi connectivity index (χ4v) is 1.23. The summed E-state index contributed by atoms with van der Waals surface area (Å²) >= 11 is 5.81. The zero-order chi connectivity index (χ0) is 7.61. The van der Waals surface area contributed by atoms with Crippen molar-refractivity contribution in [1.82, 2.24) is 0 Å². The SMILES string of the molecule is N#CC1(Cl)CCC(=O)CC1. The molecule has 0 spiro atoms. The van der Waals surface area contributed by atoms with E-state index >= 15 is 0 Å². The summed E-state index contributed by atoms with van der Waals surface area (Å²) in [6.45, 7) is 0. The molecule has 0 aromatic rings. The van der Waals surface area contributed by atoms with Gasteiger partial charge in [-0.2, -0.15) is 5.26 Å². The highest BCUT2D eigenvalue weighted by atomic mass is 35.5. The van der Waals surface area contributed by atoms with Gasteiger partial charge in [0.15, 0.2) is 0 Å². The highest BCUT2D eigenvalue weighted by molar-refractivity contribution is 6.26. The summed E-state index contributed by atoms with van der Waals surface area (Å²) in [4.78, 5) is 9.96. The lowest BCUT2D eigenvalue weighted by atomic mass is 9.89. The van der Waals surface area contributed by atoms with E-state index in [1.54, 1.807) is 0 Å². The molecule has 0 bridgehead atoms. The number of nitriles is 1. The maximum atomic E-state index is 10.7. The molecular formula is C7H8ClNO. The van der Waals surface area contributed by atoms with Crippen molar-refractivity contribution in [1.29, 1.82) is 5.26 Å². The van der Waals surface area contributed by atoms with Crippen LogP contribution in [0.1, 0.15) is 25.7 Å². The molecular weight excluding hydrogens is 150 g/mol. The normalized spacial score (nSPS) is 23.8. The van der Waals surface area contributed by atoms with Crippen LogP contribution in [0.4, 0.5) is 0 Å². The van der Waals surface area contributed by atoms with E-state index in [2.05, 4.69) is 0 Å². The van der Waals surface area contributed by atoms with Gasteiger partial charge in [0, 0.05) is 12.8 Å². The first-order chi connectivity index (χ1) is 4.66. The van der Waals surface area contributed by atoms with E-state index in [1.807, 2.05) is 6.07 Å². The van der Waals surface area contributed by atoms with Gasteiger partial charge in [0.05, 0.1) is 6.07 Å². The van der Waals surface area contributed by atoms with Gasteiger partial charge < -0.3 is 0 Å². The smallest absolute Gasteiger partial charge is 0.133 e. The van der Waals surface area contributed by atoms with E-state index in [0.717, 1.165) is 0 Å². The second-order valence-corrected chi connectivity index (χ2v) is 3.34. The molecule has 0 N–H and O–H groups in total. The zero-order valence-electron chi connectivity index (χ0n) is 5.56. The molecule has 1 saturated carbocycles. The molecule has 10 heavy (non-hydrogen) atoms. The number of carbonyl (C=O) groups is 1. The Morgan fingerprint density at radius 1 is 1.50 bits per heavy atom. The number of nitrogens with zero attached hydrogens (tertiary/aromatic N) is 1. The highest BCUT2D eigenvalue weighted by Gasteiger charge is 2.32. The van der Waals surface area contributed by atoms with Crippen LogP contribution in [0.5, 0.6) is 0 Å². The lowest BCUT2D eigenvalue weighted by Gasteiger charge is -2.22. The van der Waals surface area contributed by atoms with Crippen LogP contribution >= 0.6 is 11.6 Å². The summed E-state index contributed by atoms with van der Waals surface area (Å²) < 4.78 is 0. The molecule has 0 unspecified atom stereocenters. The summed E-state index contributed by atoms with van der Waals surface area (Å²) in [5, 5.41) is 8.54. The van der Waals surface area contributed by atoms with Gasteiger partial charge in [-0.05, 0) is 12.8 Å². The van der Waals surface area contributed by atoms with Crippen LogP contribution in [-0.4, -0.2) is 10.7 Å². The molecule has 0 amide bonds. The van der Waals surface area contributed by atoms with Crippen molar-refractivity contribution in [3.8, 4) is 6.07 Å². The van der Waals surface area contributed by atoms with Crippen molar-refractivity contribution >= 4 is 17.4 Å². The molecule has 1 aliphatic carbocycles. The molecule has 54 valence electrons. The molecule has 2 nitrogen and oxygen atoms in total. The fraction of sp³-hybridized carbons (Fsp3) is 0.714. The quantitative estimate of drug-likeness (QED) is 0.502. The molecule has 3 heteroatoms. The van der Waals surface area contributed by atoms with Gasteiger partial charge in [-0.25, -0.2) is 0 Å². The zero-order valence-corrected chi connectivity index (χ0v) is 6.32. The second-order valence-electron chi connectivity index (χ2n) is 2.62. The molecule has 1 rings (SSSR count). The van der Waals surface area contributed by atoms with Gasteiger partial charge in [-0.3, -0.25) is 4.79 Å². The third-order valence-corrected chi connectivity index (χ3v) is 2.26. The number of ketones is 1. The van der Waals surface area contributed by atoms with Gasteiger partial charge in [0.2, 0.25) is 0 Å². The molecule has 0 heterocycles. The van der Waals surface area contributed by atoms with Gasteiger partial charge >= 0.3 is 0 Å². The topological polar surface area (TPSA) is 40.9 Å². The Hall–Kier alpha value is -0.550. The minimum atomic E-state index is -0.742. The minimum absolute atomic E-state index is 0.228. The summed E-state index contributed by atoms with van der Waals surface area (Å²) in [6.07, 6.45) is 1.97. The van der Waals surface area contributed by atoms with E-state index in [1.165, 1.54) is 0 Å². The first kappa shape index (κ1) is 7.56. The van der Waals surface area contributed by atoms with E-state index in [-0.39, 0.29) is 5.78 Å². The molecule has 0 atom stereocenters. The number of Topliss-reactive ketones (excluding diaryl/α,β-unsaturated/α-hetero) is 1. The minimum Gasteiger partial charge on any atom is -0.300 e. The van der Waals surface area contributed by atoms with Crippen molar-refractivity contribution in [2.45, 2.75) is 30.6 Å². The second kappa shape index (κ2) is 2.59. The van der Waals surface area contributed by atoms with Gasteiger partial charge in [-0.1, -0.05) is 0 Å². The molecule has 0 saturated heterocycles. The average molecular weight is 158 g/mol. The first-order valence-corrected chi connectivity index (χ1v) is 3.66. The number of hydrogen-bond acceptors (Lipinski definition) is 2. The van der Waals surface area contributed by atoms with Crippen molar-refractivity contribution in [2.24, 2.45) is 0 Å². The summed E-state index contributed by atoms with van der Waals surface area (Å²) in [5.41, 5.74) is 0. The maximum Gasteiger partial charge on any atom is 0.133 e. The van der Waals surface area contributed by atoms with Crippen LogP contribution in [0.3, 0.4) is 0 Å². The number of halogens is 1. The van der Waals surface area contributed by atoms with Crippen LogP contribution < -0.4 is 0 Å². The number of carbonyl (C=O) groups excluding carboxylic acids is 1. The average Bonchev–Trinajstić information content (AvgIpc) is 1.96. The Labute approximate surface area is 64.8 Å². The Morgan fingerprint density at radius 2 is 2.00 bits per heavy atom. The van der Waals surface area contributed by atoms with Crippen LogP contribution in [0.25, 0.3) is 0 Å². The van der Waals surface area contributed by atoms with Crippen molar-refractivity contribution in [3.05, 3.63) is 0 Å². The third-order valence-electron chi connectivity index (χ3n) is 1.80. The summed E-state index contributed by atoms with van der Waals surface area (Å²) in [5.74, 6) is 0.228. The predicted octanol–water partition coefficient (Wildman–Crippen LogP) is 1.63. The Kier molecular flexibility index (Phi) is 1.96. The monoisotopic (exact) mass is 157 g/mol. The summed E-state index contributed by atoms with van der Waals surface area (Å²) in [7, 11) is 0. The molecule has 0 radical (unpaired) electrons. The molecule has 1 fully saturated rings. The Morgan fingerprint density at radius 3 is 2.40 bits per heavy atom. The molecule has 0 aromatic carbocycles. The third kappa shape index (κ3) is 1.48. The molecule has 1 aliphatic rings. The standard InChI is InChI=1S/C7H8ClNO/c8-7(5-9)3-1-6(10)2-4-7/h1-4H2. The van der Waals surface area contributed by atoms with Gasteiger partial charge in [0.1, 0.15) is 10.7 Å². The van der Waals surface area contributed by atoms with Crippen molar-refractivity contribution in [3.63, 3.8) is 0 Å². The van der Waals surface area contributed by atoms with Gasteiger partial charge in [0.25, 0.3) is 0 Å². The largest absolute Gasteiger partial charge is 0.300 e. The van der Waals surface area contributed by atoms with Crippen LogP contribution in [0.15, 0.2) is 0 Å². The summed E-state index contributed by atoms with van der Waals surface area (Å²) in [6, 6.07) is 2.01. The van der Waals surface area contributed by atoms with Crippen LogP contribution in [-0.2, 0) is 4.79 Å². The van der Waals surface area contributed by atoms with E-state index < -0.39 is 4.87 Å².